The molecule has 0 unspecified atom stereocenters. The van der Waals surface area contributed by atoms with Gasteiger partial charge < -0.3 is 10.6 Å². The highest BCUT2D eigenvalue weighted by Crippen LogP contribution is 2.16. The SMILES string of the molecule is Cl.O=S(=O)(NCc1ccccc1)c1ccc(Cc2ccc(NC3=NCCN3)cc2)cc1. The molecular formula is C23H25ClN4O2S. The lowest BCUT2D eigenvalue weighted by Crippen LogP contribution is -2.26. The maximum Gasteiger partial charge on any atom is 0.240 e. The van der Waals surface area contributed by atoms with E-state index in [0.29, 0.717) is 0 Å². The molecular weight excluding hydrogens is 432 g/mol. The monoisotopic (exact) mass is 456 g/mol. The third kappa shape index (κ3) is 6.30. The molecule has 0 saturated carbocycles. The first-order valence-corrected chi connectivity index (χ1v) is 11.3. The fourth-order valence-electron chi connectivity index (χ4n) is 3.20. The number of benzene rings is 3. The summed E-state index contributed by atoms with van der Waals surface area (Å²) in [5.74, 6) is 0.806. The van der Waals surface area contributed by atoms with Gasteiger partial charge in [0.1, 0.15) is 0 Å². The first kappa shape index (κ1) is 22.8. The van der Waals surface area contributed by atoms with Crippen LogP contribution >= 0.6 is 12.4 Å². The van der Waals surface area contributed by atoms with Gasteiger partial charge in [-0.1, -0.05) is 54.6 Å². The molecule has 6 nitrogen and oxygen atoms in total. The standard InChI is InChI=1S/C23H24N4O2S.ClH/c28-30(29,26-17-20-4-2-1-3-5-20)22-12-8-19(9-13-22)16-18-6-10-21(11-7-18)27-23-24-14-15-25-23;/h1-13,26H,14-17H2,(H2,24,25,27);1H. The smallest absolute Gasteiger partial charge is 0.240 e. The molecule has 162 valence electrons. The Kier molecular flexibility index (Phi) is 7.68. The molecule has 0 amide bonds. The first-order valence-electron chi connectivity index (χ1n) is 9.85. The Bertz CT molecular complexity index is 1120. The molecule has 0 atom stereocenters. The number of nitrogens with one attached hydrogen (secondary N) is 3. The second-order valence-corrected chi connectivity index (χ2v) is 8.88. The van der Waals surface area contributed by atoms with Crippen LogP contribution in [0.5, 0.6) is 0 Å². The Labute approximate surface area is 189 Å². The summed E-state index contributed by atoms with van der Waals surface area (Å²) < 4.78 is 27.7. The van der Waals surface area contributed by atoms with Crippen LogP contribution in [-0.2, 0) is 23.0 Å². The lowest BCUT2D eigenvalue weighted by molar-refractivity contribution is 0.581. The van der Waals surface area contributed by atoms with Crippen LogP contribution < -0.4 is 15.4 Å². The second kappa shape index (κ2) is 10.4. The van der Waals surface area contributed by atoms with Crippen LogP contribution in [0.4, 0.5) is 5.69 Å². The molecule has 0 saturated heterocycles. The van der Waals surface area contributed by atoms with Crippen LogP contribution in [0.15, 0.2) is 88.8 Å². The van der Waals surface area contributed by atoms with Crippen molar-refractivity contribution in [1.82, 2.24) is 10.0 Å². The quantitative estimate of drug-likeness (QED) is 0.507. The van der Waals surface area contributed by atoms with Gasteiger partial charge in [0.2, 0.25) is 10.0 Å². The van der Waals surface area contributed by atoms with E-state index in [4.69, 9.17) is 0 Å². The van der Waals surface area contributed by atoms with Crippen LogP contribution in [0, 0.1) is 0 Å². The highest BCUT2D eigenvalue weighted by atomic mass is 35.5. The largest absolute Gasteiger partial charge is 0.354 e. The predicted octanol–water partition coefficient (Wildman–Crippen LogP) is 3.55. The molecule has 0 aliphatic carbocycles. The minimum Gasteiger partial charge on any atom is -0.354 e. The molecule has 3 aromatic carbocycles. The van der Waals surface area contributed by atoms with E-state index in [0.717, 1.165) is 47.8 Å². The van der Waals surface area contributed by atoms with Gasteiger partial charge >= 0.3 is 0 Å². The number of anilines is 1. The molecule has 0 bridgehead atoms. The number of guanidine groups is 1. The predicted molar refractivity (Wildman–Crippen MR) is 127 cm³/mol. The molecule has 1 aliphatic rings. The third-order valence-electron chi connectivity index (χ3n) is 4.84. The van der Waals surface area contributed by atoms with Crippen molar-refractivity contribution in [1.29, 1.82) is 0 Å². The van der Waals surface area contributed by atoms with Gasteiger partial charge in [-0.15, -0.1) is 12.4 Å². The van der Waals surface area contributed by atoms with Crippen molar-refractivity contribution in [3.05, 3.63) is 95.6 Å². The summed E-state index contributed by atoms with van der Waals surface area (Å²) in [5.41, 5.74) is 4.11. The van der Waals surface area contributed by atoms with Gasteiger partial charge in [0.05, 0.1) is 11.4 Å². The molecule has 0 aromatic heterocycles. The summed E-state index contributed by atoms with van der Waals surface area (Å²) in [7, 11) is -3.54. The van der Waals surface area contributed by atoms with E-state index in [9.17, 15) is 8.42 Å². The average Bonchev–Trinajstić information content (AvgIpc) is 3.28. The van der Waals surface area contributed by atoms with E-state index in [1.54, 1.807) is 12.1 Å². The zero-order chi connectivity index (χ0) is 20.8. The van der Waals surface area contributed by atoms with Crippen LogP contribution in [0.25, 0.3) is 0 Å². The number of aliphatic imine (C=N–C) groups is 1. The maximum atomic E-state index is 12.5. The van der Waals surface area contributed by atoms with Gasteiger partial charge in [0.25, 0.3) is 0 Å². The van der Waals surface area contributed by atoms with Gasteiger partial charge in [-0.25, -0.2) is 13.1 Å². The number of rotatable bonds is 7. The zero-order valence-electron chi connectivity index (χ0n) is 16.9. The summed E-state index contributed by atoms with van der Waals surface area (Å²) in [4.78, 5) is 4.59. The van der Waals surface area contributed by atoms with E-state index in [2.05, 4.69) is 32.5 Å². The Morgan fingerprint density at radius 3 is 2.10 bits per heavy atom. The lowest BCUT2D eigenvalue weighted by atomic mass is 10.0. The Hall–Kier alpha value is -2.87. The van der Waals surface area contributed by atoms with Gasteiger partial charge in [-0.05, 0) is 47.4 Å². The number of hydrogen-bond donors (Lipinski definition) is 3. The molecule has 31 heavy (non-hydrogen) atoms. The highest BCUT2D eigenvalue weighted by Gasteiger charge is 2.13. The van der Waals surface area contributed by atoms with Crippen LogP contribution in [0.3, 0.4) is 0 Å². The highest BCUT2D eigenvalue weighted by molar-refractivity contribution is 7.89. The number of sulfonamides is 1. The van der Waals surface area contributed by atoms with Crippen molar-refractivity contribution >= 4 is 34.1 Å². The van der Waals surface area contributed by atoms with Gasteiger partial charge in [0, 0.05) is 18.8 Å². The fraction of sp³-hybridized carbons (Fsp3) is 0.174. The minimum absolute atomic E-state index is 0. The van der Waals surface area contributed by atoms with E-state index in [-0.39, 0.29) is 23.8 Å². The summed E-state index contributed by atoms with van der Waals surface area (Å²) in [5, 5.41) is 6.42. The minimum atomic E-state index is -3.54. The third-order valence-corrected chi connectivity index (χ3v) is 6.26. The molecule has 3 N–H and O–H groups in total. The first-order chi connectivity index (χ1) is 14.6. The van der Waals surface area contributed by atoms with Crippen molar-refractivity contribution in [3.8, 4) is 0 Å². The molecule has 3 aromatic rings. The normalized spacial score (nSPS) is 13.1. The van der Waals surface area contributed by atoms with Crippen LogP contribution in [-0.4, -0.2) is 27.5 Å². The van der Waals surface area contributed by atoms with Crippen molar-refractivity contribution in [2.75, 3.05) is 18.4 Å². The van der Waals surface area contributed by atoms with Gasteiger partial charge in [0.15, 0.2) is 5.96 Å². The lowest BCUT2D eigenvalue weighted by Gasteiger charge is -2.09. The number of nitrogens with zero attached hydrogens (tertiary/aromatic N) is 1. The van der Waals surface area contributed by atoms with Gasteiger partial charge in [-0.3, -0.25) is 4.99 Å². The van der Waals surface area contributed by atoms with Crippen molar-refractivity contribution in [2.24, 2.45) is 4.99 Å². The summed E-state index contributed by atoms with van der Waals surface area (Å²) >= 11 is 0. The maximum absolute atomic E-state index is 12.5. The van der Waals surface area contributed by atoms with Crippen molar-refractivity contribution in [2.45, 2.75) is 17.9 Å². The van der Waals surface area contributed by atoms with Crippen LogP contribution in [0.2, 0.25) is 0 Å². The molecule has 0 fully saturated rings. The van der Waals surface area contributed by atoms with E-state index < -0.39 is 10.0 Å². The van der Waals surface area contributed by atoms with E-state index in [1.165, 1.54) is 0 Å². The molecule has 4 rings (SSSR count). The molecule has 0 spiro atoms. The van der Waals surface area contributed by atoms with E-state index in [1.807, 2.05) is 54.6 Å². The molecule has 8 heteroatoms. The molecule has 1 heterocycles. The summed E-state index contributed by atoms with van der Waals surface area (Å²) in [6.07, 6.45) is 0.733. The molecule has 1 aliphatic heterocycles. The van der Waals surface area contributed by atoms with Crippen molar-refractivity contribution in [3.63, 3.8) is 0 Å². The topological polar surface area (TPSA) is 82.6 Å². The second-order valence-electron chi connectivity index (χ2n) is 7.11. The van der Waals surface area contributed by atoms with Crippen molar-refractivity contribution < 1.29 is 8.42 Å². The van der Waals surface area contributed by atoms with E-state index >= 15 is 0 Å². The van der Waals surface area contributed by atoms with Crippen LogP contribution in [0.1, 0.15) is 16.7 Å². The Balaban J connectivity index is 0.00000272. The summed E-state index contributed by atoms with van der Waals surface area (Å²) in [6.45, 7) is 1.94. The number of halogens is 1. The fourth-order valence-corrected chi connectivity index (χ4v) is 4.22. The Morgan fingerprint density at radius 1 is 0.839 bits per heavy atom. The number of hydrogen-bond acceptors (Lipinski definition) is 5. The average molecular weight is 457 g/mol. The zero-order valence-corrected chi connectivity index (χ0v) is 18.5. The molecule has 0 radical (unpaired) electrons. The van der Waals surface area contributed by atoms with Gasteiger partial charge in [-0.2, -0.15) is 0 Å². The Morgan fingerprint density at radius 2 is 1.48 bits per heavy atom. The summed E-state index contributed by atoms with van der Waals surface area (Å²) in [6, 6.07) is 24.7.